The molecule has 0 radical (unpaired) electrons. The molecule has 2 fully saturated rings. The smallest absolute Gasteiger partial charge is 0.344 e. The minimum atomic E-state index is -4.55. The van der Waals surface area contributed by atoms with E-state index in [1.807, 2.05) is 13.8 Å². The fourth-order valence-electron chi connectivity index (χ4n) is 4.00. The van der Waals surface area contributed by atoms with Gasteiger partial charge in [-0.25, -0.2) is 9.97 Å². The van der Waals surface area contributed by atoms with Crippen molar-refractivity contribution in [3.05, 3.63) is 23.2 Å². The number of hydrogen-bond acceptors (Lipinski definition) is 4. The van der Waals surface area contributed by atoms with E-state index in [-0.39, 0.29) is 40.4 Å². The van der Waals surface area contributed by atoms with Crippen LogP contribution in [0.3, 0.4) is 0 Å². The van der Waals surface area contributed by atoms with Gasteiger partial charge in [0.2, 0.25) is 0 Å². The van der Waals surface area contributed by atoms with Crippen LogP contribution in [0, 0.1) is 5.92 Å². The molecule has 3 heterocycles. The monoisotopic (exact) mass is 501 g/mol. The van der Waals surface area contributed by atoms with E-state index in [9.17, 15) is 13.2 Å². The Morgan fingerprint density at radius 1 is 1.31 bits per heavy atom. The van der Waals surface area contributed by atoms with Gasteiger partial charge in [0.25, 0.3) is 0 Å². The molecule has 1 saturated heterocycles. The number of nitrogens with zero attached hydrogens (tertiary/aromatic N) is 3. The zero-order valence-corrected chi connectivity index (χ0v) is 16.8. The van der Waals surface area contributed by atoms with Crippen molar-refractivity contribution in [2.75, 3.05) is 4.43 Å². The molecule has 2 aliphatic rings. The second-order valence-electron chi connectivity index (χ2n) is 7.09. The molecule has 0 unspecified atom stereocenters. The number of rotatable bonds is 2. The zero-order valence-electron chi connectivity index (χ0n) is 13.9. The number of fused-ring (bicyclic) bond motifs is 2. The molecule has 0 spiro atoms. The van der Waals surface area contributed by atoms with Gasteiger partial charge in [-0.1, -0.05) is 34.2 Å². The third-order valence-electron chi connectivity index (χ3n) is 4.98. The van der Waals surface area contributed by atoms with E-state index in [1.165, 1.54) is 6.33 Å². The molecule has 1 saturated carbocycles. The first-order valence-corrected chi connectivity index (χ1v) is 10.0. The maximum Gasteiger partial charge on any atom is 0.418 e. The van der Waals surface area contributed by atoms with Crippen molar-refractivity contribution in [1.29, 1.82) is 0 Å². The van der Waals surface area contributed by atoms with E-state index in [2.05, 4.69) is 32.6 Å². The van der Waals surface area contributed by atoms with Crippen molar-refractivity contribution in [2.45, 2.75) is 50.5 Å². The number of hydrogen-bond donors (Lipinski definition) is 0. The highest BCUT2D eigenvalue weighted by Gasteiger charge is 2.54. The molecule has 1 aliphatic heterocycles. The van der Waals surface area contributed by atoms with Crippen LogP contribution >= 0.6 is 34.2 Å². The maximum absolute atomic E-state index is 13.5. The Hall–Kier alpha value is -0.650. The Morgan fingerprint density at radius 2 is 2.00 bits per heavy atom. The summed E-state index contributed by atoms with van der Waals surface area (Å²) in [5.41, 5.74) is -0.658. The summed E-state index contributed by atoms with van der Waals surface area (Å²) in [6, 6.07) is -0.314. The average Bonchev–Trinajstić information content (AvgIpc) is 3.15. The van der Waals surface area contributed by atoms with Crippen molar-refractivity contribution in [2.24, 2.45) is 5.92 Å². The molecule has 142 valence electrons. The topological polar surface area (TPSA) is 49.2 Å². The lowest BCUT2D eigenvalue weighted by Crippen LogP contribution is -2.27. The lowest BCUT2D eigenvalue weighted by atomic mass is 10.1. The van der Waals surface area contributed by atoms with E-state index in [0.29, 0.717) is 6.42 Å². The summed E-state index contributed by atoms with van der Waals surface area (Å²) >= 11 is 8.26. The van der Waals surface area contributed by atoms with Gasteiger partial charge in [0.1, 0.15) is 23.2 Å². The van der Waals surface area contributed by atoms with E-state index in [1.54, 1.807) is 4.57 Å². The molecule has 0 aromatic carbocycles. The van der Waals surface area contributed by atoms with Crippen LogP contribution in [0.4, 0.5) is 13.2 Å². The van der Waals surface area contributed by atoms with Crippen molar-refractivity contribution in [1.82, 2.24) is 14.5 Å². The third kappa shape index (κ3) is 2.91. The van der Waals surface area contributed by atoms with Crippen LogP contribution in [0.15, 0.2) is 12.5 Å². The van der Waals surface area contributed by atoms with Crippen LogP contribution in [-0.2, 0) is 15.7 Å². The Bertz CT molecular complexity index is 857. The van der Waals surface area contributed by atoms with E-state index < -0.39 is 17.5 Å². The predicted molar refractivity (Wildman–Crippen MR) is 97.4 cm³/mol. The van der Waals surface area contributed by atoms with Crippen molar-refractivity contribution >= 4 is 45.2 Å². The summed E-state index contributed by atoms with van der Waals surface area (Å²) in [7, 11) is 0. The molecular formula is C16H16ClF3IN3O2. The predicted octanol–water partition coefficient (Wildman–Crippen LogP) is 4.62. The molecule has 1 aliphatic carbocycles. The molecule has 26 heavy (non-hydrogen) atoms. The Morgan fingerprint density at radius 3 is 2.65 bits per heavy atom. The normalized spacial score (nSPS) is 30.9. The van der Waals surface area contributed by atoms with E-state index in [4.69, 9.17) is 21.1 Å². The molecular weight excluding hydrogens is 486 g/mol. The van der Waals surface area contributed by atoms with E-state index >= 15 is 0 Å². The van der Waals surface area contributed by atoms with Crippen LogP contribution in [0.1, 0.15) is 31.9 Å². The van der Waals surface area contributed by atoms with Crippen LogP contribution in [-0.4, -0.2) is 37.0 Å². The number of aromatic nitrogens is 3. The Balaban J connectivity index is 1.86. The fourth-order valence-corrected chi connectivity index (χ4v) is 5.09. The lowest BCUT2D eigenvalue weighted by Gasteiger charge is -2.24. The summed E-state index contributed by atoms with van der Waals surface area (Å²) < 4.78 is 55.1. The van der Waals surface area contributed by atoms with E-state index in [0.717, 1.165) is 10.6 Å². The minimum absolute atomic E-state index is 0.156. The molecule has 10 heteroatoms. The number of ether oxygens (including phenoxy) is 2. The van der Waals surface area contributed by atoms with Crippen LogP contribution in [0.25, 0.3) is 11.0 Å². The average molecular weight is 502 g/mol. The van der Waals surface area contributed by atoms with Gasteiger partial charge in [0.05, 0.1) is 23.1 Å². The molecule has 4 atom stereocenters. The van der Waals surface area contributed by atoms with Gasteiger partial charge in [-0.2, -0.15) is 13.2 Å². The van der Waals surface area contributed by atoms with Crippen molar-refractivity contribution in [3.63, 3.8) is 0 Å². The first-order valence-electron chi connectivity index (χ1n) is 8.12. The molecule has 2 aromatic rings. The minimum Gasteiger partial charge on any atom is -0.344 e. The lowest BCUT2D eigenvalue weighted by molar-refractivity contribution is -0.159. The van der Waals surface area contributed by atoms with Gasteiger partial charge in [-0.3, -0.25) is 0 Å². The highest BCUT2D eigenvalue weighted by Crippen LogP contribution is 2.49. The van der Waals surface area contributed by atoms with Crippen molar-refractivity contribution < 1.29 is 22.6 Å². The largest absolute Gasteiger partial charge is 0.418 e. The summed E-state index contributed by atoms with van der Waals surface area (Å²) in [6.45, 7) is 3.64. The molecule has 2 aromatic heterocycles. The second-order valence-corrected chi connectivity index (χ2v) is 8.33. The first-order chi connectivity index (χ1) is 12.1. The zero-order chi connectivity index (χ0) is 18.9. The molecule has 5 nitrogen and oxygen atoms in total. The summed E-state index contributed by atoms with van der Waals surface area (Å²) in [6.07, 6.45) is -2.13. The highest BCUT2D eigenvalue weighted by molar-refractivity contribution is 14.1. The molecule has 0 bridgehead atoms. The number of halogens is 5. The quantitative estimate of drug-likeness (QED) is 0.342. The Labute approximate surface area is 166 Å². The van der Waals surface area contributed by atoms with Crippen molar-refractivity contribution in [3.8, 4) is 0 Å². The van der Waals surface area contributed by atoms with Gasteiger partial charge in [-0.05, 0) is 26.2 Å². The van der Waals surface area contributed by atoms with Gasteiger partial charge in [-0.15, -0.1) is 0 Å². The second kappa shape index (κ2) is 6.18. The molecule has 0 N–H and O–H groups in total. The Kier molecular flexibility index (Phi) is 4.44. The third-order valence-corrected chi connectivity index (χ3v) is 6.39. The van der Waals surface area contributed by atoms with Crippen LogP contribution in [0.5, 0.6) is 0 Å². The number of alkyl halides is 4. The molecule has 0 amide bonds. The van der Waals surface area contributed by atoms with Gasteiger partial charge >= 0.3 is 6.18 Å². The highest BCUT2D eigenvalue weighted by atomic mass is 127. The van der Waals surface area contributed by atoms with Gasteiger partial charge in [0.15, 0.2) is 5.79 Å². The summed E-state index contributed by atoms with van der Waals surface area (Å²) in [4.78, 5) is 7.82. The maximum atomic E-state index is 13.5. The SMILES string of the molecule is CC1(C)O[C@@H]2[C@@H](CI)C[C@@H](n3cc(C(F)(F)F)c4c(Cl)ncnc43)[C@@H]2O1. The van der Waals surface area contributed by atoms with Gasteiger partial charge < -0.3 is 14.0 Å². The fraction of sp³-hybridized carbons (Fsp3) is 0.625. The standard InChI is InChI=1S/C16H16ClF3IN3O2/c1-15(2)25-11-7(4-21)3-9(12(11)26-15)24-5-8(16(18,19)20)10-13(17)22-6-23-14(10)24/h5-7,9,11-12H,3-4H2,1-2H3/t7-,9-,11-,12+/m1/s1. The van der Waals surface area contributed by atoms with Gasteiger partial charge in [0, 0.05) is 10.6 Å². The molecule has 4 rings (SSSR count). The first kappa shape index (κ1) is 18.7. The van der Waals surface area contributed by atoms with Crippen LogP contribution in [0.2, 0.25) is 5.15 Å². The van der Waals surface area contributed by atoms with Crippen LogP contribution < -0.4 is 0 Å². The summed E-state index contributed by atoms with van der Waals surface area (Å²) in [5.74, 6) is -0.572. The summed E-state index contributed by atoms with van der Waals surface area (Å²) in [5, 5.41) is -0.376.